The second-order valence-electron chi connectivity index (χ2n) is 7.01. The Labute approximate surface area is 176 Å². The maximum Gasteiger partial charge on any atom is 0.265 e. The van der Waals surface area contributed by atoms with Crippen molar-refractivity contribution in [2.24, 2.45) is 5.92 Å². The molecule has 3 aromatic rings. The minimum Gasteiger partial charge on any atom is -0.478 e. The number of aliphatic hydroxyl groups excluding tert-OH is 1. The largest absolute Gasteiger partial charge is 0.478 e. The second kappa shape index (κ2) is 9.19. The predicted molar refractivity (Wildman–Crippen MR) is 114 cm³/mol. The Morgan fingerprint density at radius 2 is 1.90 bits per heavy atom. The lowest BCUT2D eigenvalue weighted by Crippen LogP contribution is -2.16. The number of rotatable bonds is 8. The van der Waals surface area contributed by atoms with Crippen LogP contribution in [0.3, 0.4) is 0 Å². The van der Waals surface area contributed by atoms with Gasteiger partial charge in [0.05, 0.1) is 24.7 Å². The summed E-state index contributed by atoms with van der Waals surface area (Å²) in [5.74, 6) is 0.244. The number of aryl methyl sites for hydroxylation is 1. The van der Waals surface area contributed by atoms with Crippen LogP contribution in [0.15, 0.2) is 53.7 Å². The van der Waals surface area contributed by atoms with E-state index in [4.69, 9.17) is 4.74 Å². The first-order valence-corrected chi connectivity index (χ1v) is 10.9. The number of aromatic nitrogens is 3. The Kier molecular flexibility index (Phi) is 6.63. The molecular weight excluding hydrogens is 404 g/mol. The topological polar surface area (TPSA) is 114 Å². The first kappa shape index (κ1) is 21.7. The third kappa shape index (κ3) is 4.92. The molecule has 0 saturated heterocycles. The van der Waals surface area contributed by atoms with E-state index in [1.54, 1.807) is 19.2 Å². The minimum absolute atomic E-state index is 0.00578. The van der Waals surface area contributed by atoms with Crippen molar-refractivity contribution in [3.05, 3.63) is 60.0 Å². The van der Waals surface area contributed by atoms with Crippen LogP contribution in [0.2, 0.25) is 0 Å². The lowest BCUT2D eigenvalue weighted by atomic mass is 10.00. The highest BCUT2D eigenvalue weighted by Gasteiger charge is 2.23. The van der Waals surface area contributed by atoms with Gasteiger partial charge >= 0.3 is 0 Å². The van der Waals surface area contributed by atoms with Gasteiger partial charge in [0.25, 0.3) is 15.9 Å². The number of ether oxygens (including phenoxy) is 1. The summed E-state index contributed by atoms with van der Waals surface area (Å²) >= 11 is 0. The molecule has 9 heteroatoms. The Hall–Kier alpha value is -3.04. The van der Waals surface area contributed by atoms with Crippen molar-refractivity contribution in [3.8, 4) is 17.1 Å². The van der Waals surface area contributed by atoms with E-state index in [9.17, 15) is 13.5 Å². The van der Waals surface area contributed by atoms with Crippen LogP contribution in [-0.2, 0) is 16.4 Å². The number of methoxy groups -OCH3 is 1. The third-order valence-corrected chi connectivity index (χ3v) is 5.84. The predicted octanol–water partition coefficient (Wildman–Crippen LogP) is 2.83. The zero-order valence-corrected chi connectivity index (χ0v) is 17.8. The van der Waals surface area contributed by atoms with Gasteiger partial charge in [0.1, 0.15) is 4.90 Å². The van der Waals surface area contributed by atoms with E-state index in [1.165, 1.54) is 19.4 Å². The van der Waals surface area contributed by atoms with E-state index >= 15 is 0 Å². The molecule has 158 valence electrons. The molecule has 0 fully saturated rings. The average Bonchev–Trinajstić information content (AvgIpc) is 2.75. The highest BCUT2D eigenvalue weighted by atomic mass is 32.2. The van der Waals surface area contributed by atoms with Crippen LogP contribution in [0.1, 0.15) is 18.2 Å². The van der Waals surface area contributed by atoms with Crippen molar-refractivity contribution < 1.29 is 18.3 Å². The van der Waals surface area contributed by atoms with Gasteiger partial charge in [-0.1, -0.05) is 31.2 Å². The number of anilines is 1. The van der Waals surface area contributed by atoms with E-state index in [0.717, 1.165) is 12.0 Å². The number of aliphatic hydroxyl groups is 1. The normalized spacial score (nSPS) is 12.4. The second-order valence-corrected chi connectivity index (χ2v) is 8.66. The molecule has 0 saturated carbocycles. The fraction of sp³-hybridized carbons (Fsp3) is 0.286. The van der Waals surface area contributed by atoms with E-state index in [0.29, 0.717) is 17.0 Å². The molecule has 0 aliphatic heterocycles. The first-order valence-electron chi connectivity index (χ1n) is 9.39. The Bertz CT molecular complexity index is 1120. The van der Waals surface area contributed by atoms with Gasteiger partial charge in [0.2, 0.25) is 5.82 Å². The quantitative estimate of drug-likeness (QED) is 0.567. The summed E-state index contributed by atoms with van der Waals surface area (Å²) in [6, 6.07) is 10.5. The van der Waals surface area contributed by atoms with Gasteiger partial charge in [0.15, 0.2) is 0 Å². The van der Waals surface area contributed by atoms with Crippen molar-refractivity contribution in [1.29, 1.82) is 0 Å². The Balaban J connectivity index is 1.95. The summed E-state index contributed by atoms with van der Waals surface area (Å²) in [6.07, 6.45) is 3.73. The number of nitrogens with zero attached hydrogens (tertiary/aromatic N) is 3. The van der Waals surface area contributed by atoms with Crippen molar-refractivity contribution in [2.75, 3.05) is 18.4 Å². The standard InChI is InChI=1S/C21H24N4O4S/c1-14(13-26)11-16-6-8-17(9-7-16)19-18(5-4-10-22-19)30(27,28)25-20-21(29-3)24-15(2)12-23-20/h4-10,12,14,26H,11,13H2,1-3H3,(H,23,25). The molecule has 8 nitrogen and oxygen atoms in total. The Morgan fingerprint density at radius 3 is 2.57 bits per heavy atom. The van der Waals surface area contributed by atoms with Crippen LogP contribution < -0.4 is 9.46 Å². The van der Waals surface area contributed by atoms with Gasteiger partial charge in [-0.2, -0.15) is 0 Å². The lowest BCUT2D eigenvalue weighted by Gasteiger charge is -2.13. The Morgan fingerprint density at radius 1 is 1.17 bits per heavy atom. The lowest BCUT2D eigenvalue weighted by molar-refractivity contribution is 0.237. The van der Waals surface area contributed by atoms with Crippen LogP contribution >= 0.6 is 0 Å². The molecule has 0 spiro atoms. The van der Waals surface area contributed by atoms with E-state index in [1.807, 2.05) is 31.2 Å². The maximum absolute atomic E-state index is 13.1. The van der Waals surface area contributed by atoms with Crippen LogP contribution in [0.5, 0.6) is 5.88 Å². The summed E-state index contributed by atoms with van der Waals surface area (Å²) in [5.41, 5.74) is 2.65. The zero-order valence-electron chi connectivity index (χ0n) is 17.0. The summed E-state index contributed by atoms with van der Waals surface area (Å²) < 4.78 is 33.8. The number of hydrogen-bond acceptors (Lipinski definition) is 7. The molecule has 0 radical (unpaired) electrons. The maximum atomic E-state index is 13.1. The molecule has 0 bridgehead atoms. The monoisotopic (exact) mass is 428 g/mol. The van der Waals surface area contributed by atoms with Gasteiger partial charge < -0.3 is 9.84 Å². The summed E-state index contributed by atoms with van der Waals surface area (Å²) in [4.78, 5) is 12.5. The highest BCUT2D eigenvalue weighted by molar-refractivity contribution is 7.92. The fourth-order valence-corrected chi connectivity index (χ4v) is 4.13. The van der Waals surface area contributed by atoms with Gasteiger partial charge in [-0.25, -0.2) is 18.4 Å². The SMILES string of the molecule is COc1nc(C)cnc1NS(=O)(=O)c1cccnc1-c1ccc(CC(C)CO)cc1. The molecule has 1 atom stereocenters. The fourth-order valence-electron chi connectivity index (χ4n) is 2.94. The molecule has 1 aromatic carbocycles. The van der Waals surface area contributed by atoms with Gasteiger partial charge in [-0.15, -0.1) is 0 Å². The van der Waals surface area contributed by atoms with Crippen molar-refractivity contribution in [3.63, 3.8) is 0 Å². The summed E-state index contributed by atoms with van der Waals surface area (Å²) in [5, 5.41) is 9.23. The molecule has 2 heterocycles. The number of pyridine rings is 1. The van der Waals surface area contributed by atoms with Crippen molar-refractivity contribution in [2.45, 2.75) is 25.2 Å². The summed E-state index contributed by atoms with van der Waals surface area (Å²) in [6.45, 7) is 3.81. The molecule has 0 aliphatic carbocycles. The molecule has 2 N–H and O–H groups in total. The zero-order chi connectivity index (χ0) is 21.7. The van der Waals surface area contributed by atoms with Crippen LogP contribution in [-0.4, -0.2) is 42.2 Å². The average molecular weight is 429 g/mol. The molecule has 1 unspecified atom stereocenters. The number of nitrogens with one attached hydrogen (secondary N) is 1. The molecule has 0 amide bonds. The number of hydrogen-bond donors (Lipinski definition) is 2. The molecular formula is C21H24N4O4S. The van der Waals surface area contributed by atoms with Crippen LogP contribution in [0.25, 0.3) is 11.3 Å². The van der Waals surface area contributed by atoms with Gasteiger partial charge in [-0.3, -0.25) is 9.71 Å². The minimum atomic E-state index is -4.00. The molecule has 3 rings (SSSR count). The van der Waals surface area contributed by atoms with Gasteiger partial charge in [0, 0.05) is 18.4 Å². The first-order chi connectivity index (χ1) is 14.3. The molecule has 30 heavy (non-hydrogen) atoms. The highest BCUT2D eigenvalue weighted by Crippen LogP contribution is 2.28. The summed E-state index contributed by atoms with van der Waals surface area (Å²) in [7, 11) is -2.60. The van der Waals surface area contributed by atoms with Crippen LogP contribution in [0.4, 0.5) is 5.82 Å². The smallest absolute Gasteiger partial charge is 0.265 e. The molecule has 2 aromatic heterocycles. The molecule has 0 aliphatic rings. The van der Waals surface area contributed by atoms with E-state index < -0.39 is 10.0 Å². The third-order valence-electron chi connectivity index (χ3n) is 4.47. The van der Waals surface area contributed by atoms with Crippen LogP contribution in [0, 0.1) is 12.8 Å². The van der Waals surface area contributed by atoms with Crippen molar-refractivity contribution in [1.82, 2.24) is 15.0 Å². The van der Waals surface area contributed by atoms with E-state index in [-0.39, 0.29) is 29.1 Å². The number of sulfonamides is 1. The van der Waals surface area contributed by atoms with E-state index in [2.05, 4.69) is 19.7 Å². The van der Waals surface area contributed by atoms with Gasteiger partial charge in [-0.05, 0) is 37.0 Å². The van der Waals surface area contributed by atoms with Crippen molar-refractivity contribution >= 4 is 15.8 Å². The number of benzene rings is 1.